The number of non-ortho nitro benzene ring substituents is 1. The van der Waals surface area contributed by atoms with E-state index in [-0.39, 0.29) is 5.69 Å². The second kappa shape index (κ2) is 8.73. The average Bonchev–Trinajstić information content (AvgIpc) is 2.77. The molecule has 0 saturated carbocycles. The monoisotopic (exact) mass is 406 g/mol. The number of fused-ring (bicyclic) bond motifs is 1. The van der Waals surface area contributed by atoms with Crippen molar-refractivity contribution in [1.82, 2.24) is 19.8 Å². The fourth-order valence-electron chi connectivity index (χ4n) is 3.84. The van der Waals surface area contributed by atoms with Gasteiger partial charge in [0.25, 0.3) is 5.69 Å². The van der Waals surface area contributed by atoms with Gasteiger partial charge in [0.05, 0.1) is 17.1 Å². The summed E-state index contributed by atoms with van der Waals surface area (Å²) in [6.45, 7) is 2.93. The van der Waals surface area contributed by atoms with Crippen molar-refractivity contribution in [2.24, 2.45) is 0 Å². The van der Waals surface area contributed by atoms with E-state index in [1.54, 1.807) is 12.1 Å². The zero-order chi connectivity index (χ0) is 21.1. The summed E-state index contributed by atoms with van der Waals surface area (Å²) in [4.78, 5) is 24.6. The molecule has 0 bridgehead atoms. The van der Waals surface area contributed by atoms with E-state index in [0.29, 0.717) is 18.5 Å². The van der Waals surface area contributed by atoms with Crippen LogP contribution >= 0.6 is 0 Å². The highest BCUT2D eigenvalue weighted by molar-refractivity contribution is 5.90. The maximum atomic E-state index is 10.9. The number of anilines is 1. The molecular weight excluding hydrogens is 380 g/mol. The Labute approximate surface area is 175 Å². The summed E-state index contributed by atoms with van der Waals surface area (Å²) in [5, 5.41) is 15.4. The lowest BCUT2D eigenvalue weighted by Gasteiger charge is -2.35. The molecule has 0 spiro atoms. The molecule has 2 heterocycles. The molecule has 0 radical (unpaired) electrons. The second-order valence-corrected chi connectivity index (χ2v) is 7.84. The van der Waals surface area contributed by atoms with E-state index in [0.717, 1.165) is 48.2 Å². The first kappa shape index (κ1) is 20.2. The van der Waals surface area contributed by atoms with E-state index in [4.69, 9.17) is 4.98 Å². The SMILES string of the molecule is CN1CCC(N(C)CNc2nc(-c3ccc([N+](=O)[O-])cc3)nc3ccccc23)CC1. The maximum absolute atomic E-state index is 10.9. The number of nitro groups is 1. The minimum Gasteiger partial charge on any atom is -0.357 e. The molecule has 8 heteroatoms. The predicted molar refractivity (Wildman–Crippen MR) is 118 cm³/mol. The molecule has 0 aliphatic carbocycles. The minimum atomic E-state index is -0.406. The van der Waals surface area contributed by atoms with E-state index in [9.17, 15) is 10.1 Å². The Bertz CT molecular complexity index is 1030. The quantitative estimate of drug-likeness (QED) is 0.380. The molecule has 156 valence electrons. The number of nitrogens with zero attached hydrogens (tertiary/aromatic N) is 5. The third kappa shape index (κ3) is 4.39. The van der Waals surface area contributed by atoms with Crippen LogP contribution in [0.2, 0.25) is 0 Å². The summed E-state index contributed by atoms with van der Waals surface area (Å²) in [5.41, 5.74) is 1.64. The van der Waals surface area contributed by atoms with E-state index in [1.807, 2.05) is 24.3 Å². The third-order valence-corrected chi connectivity index (χ3v) is 5.75. The largest absolute Gasteiger partial charge is 0.357 e. The molecular formula is C22H26N6O2. The lowest BCUT2D eigenvalue weighted by atomic mass is 10.0. The van der Waals surface area contributed by atoms with Gasteiger partial charge in [-0.15, -0.1) is 0 Å². The Balaban J connectivity index is 1.58. The maximum Gasteiger partial charge on any atom is 0.269 e. The van der Waals surface area contributed by atoms with E-state index in [2.05, 4.69) is 34.2 Å². The minimum absolute atomic E-state index is 0.0534. The van der Waals surface area contributed by atoms with Gasteiger partial charge in [-0.1, -0.05) is 12.1 Å². The zero-order valence-corrected chi connectivity index (χ0v) is 17.3. The van der Waals surface area contributed by atoms with Gasteiger partial charge in [-0.05, 0) is 64.3 Å². The van der Waals surface area contributed by atoms with E-state index in [1.165, 1.54) is 12.1 Å². The lowest BCUT2D eigenvalue weighted by molar-refractivity contribution is -0.384. The van der Waals surface area contributed by atoms with Crippen LogP contribution in [0.25, 0.3) is 22.3 Å². The van der Waals surface area contributed by atoms with Gasteiger partial charge < -0.3 is 10.2 Å². The smallest absolute Gasteiger partial charge is 0.269 e. The Morgan fingerprint density at radius 1 is 1.13 bits per heavy atom. The summed E-state index contributed by atoms with van der Waals surface area (Å²) in [5.74, 6) is 1.32. The highest BCUT2D eigenvalue weighted by Gasteiger charge is 2.20. The van der Waals surface area contributed by atoms with Crippen LogP contribution in [-0.4, -0.2) is 64.6 Å². The number of hydrogen-bond acceptors (Lipinski definition) is 7. The summed E-state index contributed by atoms with van der Waals surface area (Å²) in [7, 11) is 4.31. The average molecular weight is 406 g/mol. The van der Waals surface area contributed by atoms with Crippen LogP contribution in [0, 0.1) is 10.1 Å². The van der Waals surface area contributed by atoms with E-state index < -0.39 is 4.92 Å². The summed E-state index contributed by atoms with van der Waals surface area (Å²) >= 11 is 0. The van der Waals surface area contributed by atoms with Gasteiger partial charge in [0.15, 0.2) is 5.82 Å². The molecule has 3 aromatic rings. The van der Waals surface area contributed by atoms with Crippen molar-refractivity contribution in [3.63, 3.8) is 0 Å². The summed E-state index contributed by atoms with van der Waals surface area (Å²) in [6.07, 6.45) is 2.32. The van der Waals surface area contributed by atoms with Crippen molar-refractivity contribution in [1.29, 1.82) is 0 Å². The first-order valence-electron chi connectivity index (χ1n) is 10.2. The van der Waals surface area contributed by atoms with Gasteiger partial charge in [-0.3, -0.25) is 15.0 Å². The van der Waals surface area contributed by atoms with Gasteiger partial charge in [-0.25, -0.2) is 9.97 Å². The fourth-order valence-corrected chi connectivity index (χ4v) is 3.84. The van der Waals surface area contributed by atoms with Gasteiger partial charge in [0.2, 0.25) is 0 Å². The highest BCUT2D eigenvalue weighted by atomic mass is 16.6. The van der Waals surface area contributed by atoms with Crippen molar-refractivity contribution in [3.05, 3.63) is 58.6 Å². The third-order valence-electron chi connectivity index (χ3n) is 5.75. The van der Waals surface area contributed by atoms with Gasteiger partial charge in [0, 0.05) is 29.1 Å². The van der Waals surface area contributed by atoms with Crippen LogP contribution in [0.5, 0.6) is 0 Å². The van der Waals surface area contributed by atoms with Crippen molar-refractivity contribution in [2.45, 2.75) is 18.9 Å². The standard InChI is InChI=1S/C22H26N6O2/c1-26-13-11-17(12-14-26)27(2)15-23-22-19-5-3-4-6-20(19)24-21(25-22)16-7-9-18(10-8-16)28(29)30/h3-10,17H,11-15H2,1-2H3,(H,23,24,25). The van der Waals surface area contributed by atoms with Crippen LogP contribution in [0.4, 0.5) is 11.5 Å². The number of hydrogen-bond donors (Lipinski definition) is 1. The first-order chi connectivity index (χ1) is 14.5. The molecule has 1 aliphatic heterocycles. The number of rotatable bonds is 6. The van der Waals surface area contributed by atoms with E-state index >= 15 is 0 Å². The van der Waals surface area contributed by atoms with Crippen molar-refractivity contribution in [3.8, 4) is 11.4 Å². The summed E-state index contributed by atoms with van der Waals surface area (Å²) < 4.78 is 0. The molecule has 1 saturated heterocycles. The van der Waals surface area contributed by atoms with Gasteiger partial charge in [-0.2, -0.15) is 0 Å². The van der Waals surface area contributed by atoms with Crippen LogP contribution in [0.15, 0.2) is 48.5 Å². The summed E-state index contributed by atoms with van der Waals surface area (Å²) in [6, 6.07) is 14.8. The molecule has 2 aromatic carbocycles. The van der Waals surface area contributed by atoms with Crippen LogP contribution in [-0.2, 0) is 0 Å². The number of likely N-dealkylation sites (tertiary alicyclic amines) is 1. The Kier molecular flexibility index (Phi) is 5.87. The number of piperidine rings is 1. The lowest BCUT2D eigenvalue weighted by Crippen LogP contribution is -2.43. The number of para-hydroxylation sites is 1. The Morgan fingerprint density at radius 3 is 2.53 bits per heavy atom. The first-order valence-corrected chi connectivity index (χ1v) is 10.2. The molecule has 4 rings (SSSR count). The number of nitro benzene ring substituents is 1. The van der Waals surface area contributed by atoms with Gasteiger partial charge in [0.1, 0.15) is 5.82 Å². The van der Waals surface area contributed by atoms with Crippen molar-refractivity contribution in [2.75, 3.05) is 39.2 Å². The fraction of sp³-hybridized carbons (Fsp3) is 0.364. The number of nitrogens with one attached hydrogen (secondary N) is 1. The Hall–Kier alpha value is -3.10. The van der Waals surface area contributed by atoms with Crippen LogP contribution < -0.4 is 5.32 Å². The van der Waals surface area contributed by atoms with Gasteiger partial charge >= 0.3 is 0 Å². The second-order valence-electron chi connectivity index (χ2n) is 7.84. The number of benzene rings is 2. The van der Waals surface area contributed by atoms with Crippen LogP contribution in [0.3, 0.4) is 0 Å². The molecule has 8 nitrogen and oxygen atoms in total. The number of aromatic nitrogens is 2. The van der Waals surface area contributed by atoms with Crippen LogP contribution in [0.1, 0.15) is 12.8 Å². The normalized spacial score (nSPS) is 15.6. The molecule has 0 atom stereocenters. The van der Waals surface area contributed by atoms with Crippen molar-refractivity contribution >= 4 is 22.4 Å². The predicted octanol–water partition coefficient (Wildman–Crippen LogP) is 3.60. The molecule has 0 unspecified atom stereocenters. The molecule has 1 aromatic heterocycles. The topological polar surface area (TPSA) is 87.4 Å². The Morgan fingerprint density at radius 2 is 1.83 bits per heavy atom. The molecule has 1 fully saturated rings. The van der Waals surface area contributed by atoms with Crippen molar-refractivity contribution < 1.29 is 4.92 Å². The highest BCUT2D eigenvalue weighted by Crippen LogP contribution is 2.26. The molecule has 1 N–H and O–H groups in total. The molecule has 30 heavy (non-hydrogen) atoms. The molecule has 0 amide bonds. The molecule has 1 aliphatic rings. The zero-order valence-electron chi connectivity index (χ0n) is 17.3.